The highest BCUT2D eigenvalue weighted by molar-refractivity contribution is 6.01. The van der Waals surface area contributed by atoms with Crippen molar-refractivity contribution in [3.05, 3.63) is 59.2 Å². The number of halogens is 4. The molecule has 1 aliphatic heterocycles. The van der Waals surface area contributed by atoms with Crippen molar-refractivity contribution < 1.29 is 27.5 Å². The van der Waals surface area contributed by atoms with Crippen LogP contribution in [0.2, 0.25) is 0 Å². The molecule has 2 fully saturated rings. The zero-order chi connectivity index (χ0) is 22.9. The van der Waals surface area contributed by atoms with Gasteiger partial charge in [0.15, 0.2) is 11.6 Å². The van der Waals surface area contributed by atoms with Crippen LogP contribution in [0.15, 0.2) is 30.3 Å². The van der Waals surface area contributed by atoms with E-state index in [0.29, 0.717) is 18.7 Å². The van der Waals surface area contributed by atoms with Gasteiger partial charge in [0, 0.05) is 18.7 Å². The Bertz CT molecular complexity index is 1000. The summed E-state index contributed by atoms with van der Waals surface area (Å²) in [7, 11) is 0. The van der Waals surface area contributed by atoms with Crippen LogP contribution in [0.4, 0.5) is 28.9 Å². The van der Waals surface area contributed by atoms with Gasteiger partial charge in [-0.2, -0.15) is 0 Å². The molecule has 0 aromatic heterocycles. The Hall–Kier alpha value is -2.65. The molecule has 9 heteroatoms. The topological polar surface area (TPSA) is 64.6 Å². The molecule has 3 N–H and O–H groups in total. The number of anilines is 2. The van der Waals surface area contributed by atoms with Crippen molar-refractivity contribution in [2.24, 2.45) is 0 Å². The largest absolute Gasteiger partial charge is 0.385 e. The second-order valence-corrected chi connectivity index (χ2v) is 8.63. The molecule has 1 aliphatic carbocycles. The predicted molar refractivity (Wildman–Crippen MR) is 112 cm³/mol. The standard InChI is InChI=1S/C23H25F4N3O2/c24-14-6-9-19(18(26)10-14)29-21-16(7-8-17(25)20(21)27)22(31)30-12-23(32,13-30)11-28-15-4-2-1-3-5-15/h6-10,15,28-29,32H,1-5,11-13H2. The number of likely N-dealkylation sites (tertiary alicyclic amines) is 1. The number of carbonyl (C=O) groups excluding carboxylic acids is 1. The highest BCUT2D eigenvalue weighted by Gasteiger charge is 2.44. The number of nitrogens with one attached hydrogen (secondary N) is 2. The molecule has 32 heavy (non-hydrogen) atoms. The Morgan fingerprint density at radius 3 is 2.44 bits per heavy atom. The molecule has 172 valence electrons. The molecule has 1 saturated carbocycles. The molecule has 1 amide bonds. The molecule has 0 bridgehead atoms. The van der Waals surface area contributed by atoms with Crippen molar-refractivity contribution in [2.75, 3.05) is 25.0 Å². The molecule has 5 nitrogen and oxygen atoms in total. The molecule has 2 aromatic rings. The van der Waals surface area contributed by atoms with E-state index in [1.807, 2.05) is 0 Å². The Morgan fingerprint density at radius 2 is 1.75 bits per heavy atom. The molecular weight excluding hydrogens is 426 g/mol. The summed E-state index contributed by atoms with van der Waals surface area (Å²) in [5.41, 5.74) is -2.16. The Kier molecular flexibility index (Phi) is 6.39. The summed E-state index contributed by atoms with van der Waals surface area (Å²) in [6.07, 6.45) is 5.64. The lowest BCUT2D eigenvalue weighted by Crippen LogP contribution is -2.67. The van der Waals surface area contributed by atoms with Gasteiger partial charge in [-0.15, -0.1) is 0 Å². The van der Waals surface area contributed by atoms with Crippen molar-refractivity contribution >= 4 is 17.3 Å². The van der Waals surface area contributed by atoms with Crippen LogP contribution in [0.5, 0.6) is 0 Å². The fourth-order valence-electron chi connectivity index (χ4n) is 4.31. The second kappa shape index (κ2) is 9.07. The van der Waals surface area contributed by atoms with Gasteiger partial charge in [0.2, 0.25) is 0 Å². The lowest BCUT2D eigenvalue weighted by atomic mass is 9.90. The van der Waals surface area contributed by atoms with E-state index in [2.05, 4.69) is 10.6 Å². The molecular formula is C23H25F4N3O2. The molecule has 0 atom stereocenters. The molecule has 4 rings (SSSR count). The van der Waals surface area contributed by atoms with Crippen molar-refractivity contribution in [3.63, 3.8) is 0 Å². The van der Waals surface area contributed by atoms with Gasteiger partial charge in [0.05, 0.1) is 30.0 Å². The maximum Gasteiger partial charge on any atom is 0.256 e. The maximum absolute atomic E-state index is 14.5. The zero-order valence-electron chi connectivity index (χ0n) is 17.4. The lowest BCUT2D eigenvalue weighted by molar-refractivity contribution is -0.0802. The van der Waals surface area contributed by atoms with Gasteiger partial charge < -0.3 is 20.6 Å². The van der Waals surface area contributed by atoms with E-state index in [-0.39, 0.29) is 24.3 Å². The SMILES string of the molecule is O=C(c1ccc(F)c(F)c1Nc1ccc(F)cc1F)N1CC(O)(CNC2CCCCC2)C1. The Balaban J connectivity index is 1.46. The van der Waals surface area contributed by atoms with Gasteiger partial charge >= 0.3 is 0 Å². The first-order valence-corrected chi connectivity index (χ1v) is 10.7. The number of aliphatic hydroxyl groups is 1. The van der Waals surface area contributed by atoms with E-state index in [0.717, 1.165) is 49.9 Å². The summed E-state index contributed by atoms with van der Waals surface area (Å²) in [4.78, 5) is 14.3. The van der Waals surface area contributed by atoms with E-state index >= 15 is 0 Å². The number of rotatable bonds is 6. The summed E-state index contributed by atoms with van der Waals surface area (Å²) < 4.78 is 55.5. The third kappa shape index (κ3) is 4.73. The third-order valence-electron chi connectivity index (χ3n) is 6.10. The van der Waals surface area contributed by atoms with Crippen LogP contribution in [0, 0.1) is 23.3 Å². The molecule has 1 heterocycles. The van der Waals surface area contributed by atoms with Crippen LogP contribution in [-0.2, 0) is 0 Å². The van der Waals surface area contributed by atoms with Crippen LogP contribution >= 0.6 is 0 Å². The molecule has 2 aliphatic rings. The van der Waals surface area contributed by atoms with Gasteiger partial charge in [0.25, 0.3) is 5.91 Å². The van der Waals surface area contributed by atoms with Gasteiger partial charge in [-0.3, -0.25) is 4.79 Å². The van der Waals surface area contributed by atoms with Gasteiger partial charge in [-0.1, -0.05) is 19.3 Å². The van der Waals surface area contributed by atoms with Crippen molar-refractivity contribution in [1.29, 1.82) is 0 Å². The van der Waals surface area contributed by atoms with E-state index < -0.39 is 40.5 Å². The number of carbonyl (C=O) groups is 1. The zero-order valence-corrected chi connectivity index (χ0v) is 17.4. The summed E-state index contributed by atoms with van der Waals surface area (Å²) >= 11 is 0. The number of nitrogens with zero attached hydrogens (tertiary/aromatic N) is 1. The number of β-amino-alcohol motifs (C(OH)–C–C–N with tert-alkyl or cyclic N) is 1. The summed E-state index contributed by atoms with van der Waals surface area (Å²) in [6.45, 7) is 0.412. The normalized spacial score (nSPS) is 18.3. The molecule has 0 spiro atoms. The summed E-state index contributed by atoms with van der Waals surface area (Å²) in [5, 5.41) is 16.4. The number of amides is 1. The summed E-state index contributed by atoms with van der Waals surface area (Å²) in [5.74, 6) is -5.04. The van der Waals surface area contributed by atoms with E-state index in [1.165, 1.54) is 11.3 Å². The highest BCUT2D eigenvalue weighted by atomic mass is 19.2. The average Bonchev–Trinajstić information content (AvgIpc) is 2.75. The van der Waals surface area contributed by atoms with Crippen molar-refractivity contribution in [1.82, 2.24) is 10.2 Å². The van der Waals surface area contributed by atoms with E-state index in [9.17, 15) is 27.5 Å². The van der Waals surface area contributed by atoms with Crippen molar-refractivity contribution in [2.45, 2.75) is 43.7 Å². The summed E-state index contributed by atoms with van der Waals surface area (Å²) in [6, 6.07) is 4.84. The molecule has 1 saturated heterocycles. The van der Waals surface area contributed by atoms with E-state index in [1.54, 1.807) is 0 Å². The highest BCUT2D eigenvalue weighted by Crippen LogP contribution is 2.31. The smallest absolute Gasteiger partial charge is 0.256 e. The van der Waals surface area contributed by atoms with Crippen LogP contribution in [0.25, 0.3) is 0 Å². The maximum atomic E-state index is 14.5. The minimum atomic E-state index is -1.35. The Morgan fingerprint density at radius 1 is 1.03 bits per heavy atom. The fraction of sp³-hybridized carbons (Fsp3) is 0.435. The minimum absolute atomic E-state index is 0.0366. The quantitative estimate of drug-likeness (QED) is 0.579. The minimum Gasteiger partial charge on any atom is -0.385 e. The predicted octanol–water partition coefficient (Wildman–Crippen LogP) is 4.10. The number of hydrogen-bond donors (Lipinski definition) is 3. The van der Waals surface area contributed by atoms with Crippen molar-refractivity contribution in [3.8, 4) is 0 Å². The molecule has 2 aromatic carbocycles. The van der Waals surface area contributed by atoms with Crippen LogP contribution in [0.1, 0.15) is 42.5 Å². The molecule has 0 unspecified atom stereocenters. The van der Waals surface area contributed by atoms with E-state index in [4.69, 9.17) is 0 Å². The van der Waals surface area contributed by atoms with Gasteiger partial charge in [-0.25, -0.2) is 17.6 Å². The Labute approximate surface area is 183 Å². The monoisotopic (exact) mass is 451 g/mol. The second-order valence-electron chi connectivity index (χ2n) is 8.63. The van der Waals surface area contributed by atoms with Crippen LogP contribution in [0.3, 0.4) is 0 Å². The average molecular weight is 451 g/mol. The first-order chi connectivity index (χ1) is 15.3. The molecule has 0 radical (unpaired) electrons. The first kappa shape index (κ1) is 22.5. The first-order valence-electron chi connectivity index (χ1n) is 10.7. The van der Waals surface area contributed by atoms with Gasteiger partial charge in [0.1, 0.15) is 17.2 Å². The third-order valence-corrected chi connectivity index (χ3v) is 6.10. The van der Waals surface area contributed by atoms with Crippen LogP contribution in [-0.4, -0.2) is 47.2 Å². The van der Waals surface area contributed by atoms with Gasteiger partial charge in [-0.05, 0) is 37.1 Å². The van der Waals surface area contributed by atoms with Crippen LogP contribution < -0.4 is 10.6 Å². The fourth-order valence-corrected chi connectivity index (χ4v) is 4.31. The number of benzene rings is 2. The number of hydrogen-bond acceptors (Lipinski definition) is 4. The lowest BCUT2D eigenvalue weighted by Gasteiger charge is -2.47.